The minimum atomic E-state index is 0. The maximum absolute atomic E-state index is 3.84. The van der Waals surface area contributed by atoms with Crippen LogP contribution < -0.4 is 17.0 Å². The van der Waals surface area contributed by atoms with E-state index in [4.69, 9.17) is 0 Å². The molecular formula is C12H25BrMn-. The maximum atomic E-state index is 3.84. The Kier molecular flexibility index (Phi) is 28.5. The topological polar surface area (TPSA) is 0 Å². The third kappa shape index (κ3) is 18.7. The van der Waals surface area contributed by atoms with Gasteiger partial charge in [-0.2, -0.15) is 0 Å². The van der Waals surface area contributed by atoms with E-state index in [0.29, 0.717) is 0 Å². The fourth-order valence-corrected chi connectivity index (χ4v) is 1.49. The van der Waals surface area contributed by atoms with E-state index < -0.39 is 0 Å². The van der Waals surface area contributed by atoms with E-state index in [1.165, 1.54) is 57.8 Å². The standard InChI is InChI=1S/C12H25.BrH.Mn/c1-3-5-7-9-11-12-10-8-6-4-2;;/h1,3-12H2,2H3;1H;/p-1. The molecule has 0 saturated heterocycles. The molecule has 2 radical (unpaired) electrons. The Morgan fingerprint density at radius 2 is 1.07 bits per heavy atom. The second kappa shape index (κ2) is 19.6. The molecule has 0 aromatic rings. The van der Waals surface area contributed by atoms with E-state index in [-0.39, 0.29) is 34.1 Å². The third-order valence-corrected chi connectivity index (χ3v) is 2.35. The van der Waals surface area contributed by atoms with Gasteiger partial charge in [-0.3, -0.25) is 0 Å². The van der Waals surface area contributed by atoms with E-state index in [2.05, 4.69) is 13.8 Å². The van der Waals surface area contributed by atoms with Crippen LogP contribution in [0.2, 0.25) is 0 Å². The first-order chi connectivity index (χ1) is 5.91. The van der Waals surface area contributed by atoms with Crippen molar-refractivity contribution in [2.24, 2.45) is 0 Å². The van der Waals surface area contributed by atoms with Crippen molar-refractivity contribution in [3.05, 3.63) is 6.92 Å². The van der Waals surface area contributed by atoms with Gasteiger partial charge in [0.2, 0.25) is 0 Å². The van der Waals surface area contributed by atoms with E-state index in [1.807, 2.05) is 0 Å². The van der Waals surface area contributed by atoms with Crippen LogP contribution in [-0.2, 0) is 17.1 Å². The van der Waals surface area contributed by atoms with Gasteiger partial charge in [-0.15, -0.1) is 0 Å². The van der Waals surface area contributed by atoms with Crippen LogP contribution in [0.1, 0.15) is 71.1 Å². The Balaban J connectivity index is -0.000000605. The Morgan fingerprint density at radius 1 is 0.714 bits per heavy atom. The van der Waals surface area contributed by atoms with Crippen LogP contribution in [0.4, 0.5) is 0 Å². The molecule has 0 aromatic heterocycles. The molecule has 88 valence electrons. The summed E-state index contributed by atoms with van der Waals surface area (Å²) in [6.07, 6.45) is 13.9. The Morgan fingerprint density at radius 3 is 1.43 bits per heavy atom. The number of rotatable bonds is 9. The molecule has 0 heterocycles. The van der Waals surface area contributed by atoms with Gasteiger partial charge in [-0.05, 0) is 0 Å². The molecule has 0 atom stereocenters. The smallest absolute Gasteiger partial charge is 0 e. The molecule has 0 bridgehead atoms. The fraction of sp³-hybridized carbons (Fsp3) is 0.917. The number of hydrogen-bond acceptors (Lipinski definition) is 0. The zero-order valence-corrected chi connectivity index (χ0v) is 12.3. The molecular weight excluding hydrogens is 279 g/mol. The molecule has 0 amide bonds. The summed E-state index contributed by atoms with van der Waals surface area (Å²) in [5.41, 5.74) is 0. The predicted molar refractivity (Wildman–Crippen MR) is 57.2 cm³/mol. The summed E-state index contributed by atoms with van der Waals surface area (Å²) in [5.74, 6) is 0. The van der Waals surface area contributed by atoms with Gasteiger partial charge in [0.1, 0.15) is 0 Å². The van der Waals surface area contributed by atoms with Crippen molar-refractivity contribution in [1.29, 1.82) is 0 Å². The SMILES string of the molecule is [Br-].[CH2]CCCCCCCCCCC.[Mn]. The van der Waals surface area contributed by atoms with Gasteiger partial charge in [0.15, 0.2) is 0 Å². The second-order valence-corrected chi connectivity index (χ2v) is 3.68. The van der Waals surface area contributed by atoms with Crippen molar-refractivity contribution in [2.45, 2.75) is 71.1 Å². The molecule has 2 heteroatoms. The van der Waals surface area contributed by atoms with Crippen LogP contribution in [0.15, 0.2) is 0 Å². The summed E-state index contributed by atoms with van der Waals surface area (Å²) in [5, 5.41) is 0. The molecule has 0 aromatic carbocycles. The van der Waals surface area contributed by atoms with Crippen molar-refractivity contribution < 1.29 is 34.1 Å². The van der Waals surface area contributed by atoms with Crippen LogP contribution in [0.5, 0.6) is 0 Å². The zero-order valence-electron chi connectivity index (χ0n) is 9.53. The summed E-state index contributed by atoms with van der Waals surface area (Å²) in [4.78, 5) is 0. The Labute approximate surface area is 112 Å². The second-order valence-electron chi connectivity index (χ2n) is 3.68. The van der Waals surface area contributed by atoms with Crippen molar-refractivity contribution in [3.8, 4) is 0 Å². The molecule has 0 spiro atoms. The molecule has 0 nitrogen and oxygen atoms in total. The zero-order chi connectivity index (χ0) is 9.07. The van der Waals surface area contributed by atoms with Crippen molar-refractivity contribution in [1.82, 2.24) is 0 Å². The minimum Gasteiger partial charge on any atom is -1.00 e. The Hall–Kier alpha value is 0.999. The first kappa shape index (κ1) is 20.4. The summed E-state index contributed by atoms with van der Waals surface area (Å²) in [6, 6.07) is 0. The molecule has 0 fully saturated rings. The molecule has 0 aliphatic carbocycles. The van der Waals surface area contributed by atoms with Gasteiger partial charge in [0.25, 0.3) is 0 Å². The van der Waals surface area contributed by atoms with E-state index in [9.17, 15) is 0 Å². The molecule has 0 rings (SSSR count). The largest absolute Gasteiger partial charge is 1.00 e. The van der Waals surface area contributed by atoms with Gasteiger partial charge in [0.05, 0.1) is 0 Å². The molecule has 0 aliphatic rings. The molecule has 0 unspecified atom stereocenters. The van der Waals surface area contributed by atoms with Crippen molar-refractivity contribution in [2.75, 3.05) is 0 Å². The summed E-state index contributed by atoms with van der Waals surface area (Å²) < 4.78 is 0. The van der Waals surface area contributed by atoms with Crippen LogP contribution >= 0.6 is 0 Å². The van der Waals surface area contributed by atoms with Crippen LogP contribution in [0, 0.1) is 6.92 Å². The van der Waals surface area contributed by atoms with E-state index in [1.54, 1.807) is 0 Å². The molecule has 0 aliphatic heterocycles. The van der Waals surface area contributed by atoms with Crippen molar-refractivity contribution >= 4 is 0 Å². The van der Waals surface area contributed by atoms with Crippen LogP contribution in [0.25, 0.3) is 0 Å². The van der Waals surface area contributed by atoms with Gasteiger partial charge in [-0.1, -0.05) is 78.1 Å². The van der Waals surface area contributed by atoms with Crippen LogP contribution in [-0.4, -0.2) is 0 Å². The van der Waals surface area contributed by atoms with Gasteiger partial charge in [0, 0.05) is 17.1 Å². The first-order valence-corrected chi connectivity index (χ1v) is 5.71. The average molecular weight is 304 g/mol. The normalized spacial score (nSPS) is 9.00. The van der Waals surface area contributed by atoms with Gasteiger partial charge >= 0.3 is 0 Å². The predicted octanol–water partition coefficient (Wildman–Crippen LogP) is 1.74. The monoisotopic (exact) mass is 303 g/mol. The fourth-order valence-electron chi connectivity index (χ4n) is 1.49. The van der Waals surface area contributed by atoms with Crippen molar-refractivity contribution in [3.63, 3.8) is 0 Å². The molecule has 0 saturated carbocycles. The van der Waals surface area contributed by atoms with E-state index >= 15 is 0 Å². The molecule has 0 N–H and O–H groups in total. The number of unbranched alkanes of at least 4 members (excludes halogenated alkanes) is 9. The third-order valence-electron chi connectivity index (χ3n) is 2.35. The van der Waals surface area contributed by atoms with Gasteiger partial charge in [-0.25, -0.2) is 0 Å². The first-order valence-electron chi connectivity index (χ1n) is 5.71. The summed E-state index contributed by atoms with van der Waals surface area (Å²) in [6.45, 7) is 6.12. The van der Waals surface area contributed by atoms with Gasteiger partial charge < -0.3 is 17.0 Å². The van der Waals surface area contributed by atoms with E-state index in [0.717, 1.165) is 6.42 Å². The summed E-state index contributed by atoms with van der Waals surface area (Å²) in [7, 11) is 0. The number of hydrogen-bond donors (Lipinski definition) is 0. The molecule has 14 heavy (non-hydrogen) atoms. The quantitative estimate of drug-likeness (QED) is 0.450. The number of halogens is 1. The summed E-state index contributed by atoms with van der Waals surface area (Å²) >= 11 is 0. The average Bonchev–Trinajstić information content (AvgIpc) is 2.10. The minimum absolute atomic E-state index is 0. The Bertz CT molecular complexity index is 66.7. The maximum Gasteiger partial charge on any atom is 0 e. The van der Waals surface area contributed by atoms with Crippen LogP contribution in [0.3, 0.4) is 0 Å².